The number of methoxy groups -OCH3 is 1. The van der Waals surface area contributed by atoms with Crippen molar-refractivity contribution in [2.45, 2.75) is 26.4 Å². The third-order valence-electron chi connectivity index (χ3n) is 5.13. The van der Waals surface area contributed by atoms with Crippen molar-refractivity contribution in [3.05, 3.63) is 59.7 Å². The quantitative estimate of drug-likeness (QED) is 0.704. The maximum atomic E-state index is 13.0. The van der Waals surface area contributed by atoms with Crippen molar-refractivity contribution < 1.29 is 19.1 Å². The number of rotatable bonds is 8. The summed E-state index contributed by atoms with van der Waals surface area (Å²) >= 11 is 0. The SMILES string of the molecule is COc1cc(C(=O)N2CCN(Cc3ccccc3)CC2)ccc1OCC(=O)NC(C)C. The summed E-state index contributed by atoms with van der Waals surface area (Å²) in [7, 11) is 1.52. The first-order valence-electron chi connectivity index (χ1n) is 10.6. The molecule has 0 atom stereocenters. The minimum Gasteiger partial charge on any atom is -0.493 e. The van der Waals surface area contributed by atoms with E-state index in [0.29, 0.717) is 30.2 Å². The maximum absolute atomic E-state index is 13.0. The van der Waals surface area contributed by atoms with Gasteiger partial charge < -0.3 is 19.7 Å². The van der Waals surface area contributed by atoms with Crippen LogP contribution in [-0.2, 0) is 11.3 Å². The zero-order chi connectivity index (χ0) is 22.2. The summed E-state index contributed by atoms with van der Waals surface area (Å²) in [4.78, 5) is 29.0. The van der Waals surface area contributed by atoms with E-state index < -0.39 is 0 Å². The van der Waals surface area contributed by atoms with Crippen LogP contribution in [0.4, 0.5) is 0 Å². The van der Waals surface area contributed by atoms with Gasteiger partial charge >= 0.3 is 0 Å². The Kier molecular flexibility index (Phi) is 7.89. The summed E-state index contributed by atoms with van der Waals surface area (Å²) in [5, 5.41) is 2.77. The van der Waals surface area contributed by atoms with Crippen LogP contribution in [0, 0.1) is 0 Å². The zero-order valence-corrected chi connectivity index (χ0v) is 18.5. The average Bonchev–Trinajstić information content (AvgIpc) is 2.78. The Morgan fingerprint density at radius 3 is 2.35 bits per heavy atom. The number of ether oxygens (including phenoxy) is 2. The topological polar surface area (TPSA) is 71.1 Å². The Morgan fingerprint density at radius 1 is 1.00 bits per heavy atom. The first-order valence-corrected chi connectivity index (χ1v) is 10.6. The molecule has 166 valence electrons. The van der Waals surface area contributed by atoms with Crippen LogP contribution in [0.3, 0.4) is 0 Å². The van der Waals surface area contributed by atoms with Gasteiger partial charge in [0.25, 0.3) is 11.8 Å². The molecule has 2 aromatic rings. The molecule has 0 unspecified atom stereocenters. The van der Waals surface area contributed by atoms with Crippen LogP contribution in [0.5, 0.6) is 11.5 Å². The average molecular weight is 426 g/mol. The highest BCUT2D eigenvalue weighted by atomic mass is 16.5. The monoisotopic (exact) mass is 425 g/mol. The van der Waals surface area contributed by atoms with Crippen molar-refractivity contribution in [2.24, 2.45) is 0 Å². The van der Waals surface area contributed by atoms with Gasteiger partial charge in [0, 0.05) is 44.3 Å². The van der Waals surface area contributed by atoms with Crippen molar-refractivity contribution >= 4 is 11.8 Å². The number of piperazine rings is 1. The molecule has 7 heteroatoms. The molecule has 1 N–H and O–H groups in total. The van der Waals surface area contributed by atoms with E-state index in [4.69, 9.17) is 9.47 Å². The molecule has 0 aliphatic carbocycles. The molecule has 2 amide bonds. The lowest BCUT2D eigenvalue weighted by Gasteiger charge is -2.34. The summed E-state index contributed by atoms with van der Waals surface area (Å²) in [5.74, 6) is 0.642. The van der Waals surface area contributed by atoms with Crippen LogP contribution in [0.1, 0.15) is 29.8 Å². The highest BCUT2D eigenvalue weighted by Crippen LogP contribution is 2.28. The summed E-state index contributed by atoms with van der Waals surface area (Å²) in [5.41, 5.74) is 1.83. The van der Waals surface area contributed by atoms with E-state index in [1.807, 2.05) is 36.9 Å². The molecule has 0 bridgehead atoms. The second-order valence-electron chi connectivity index (χ2n) is 7.93. The predicted octanol–water partition coefficient (Wildman–Crippen LogP) is 2.56. The molecule has 0 spiro atoms. The summed E-state index contributed by atoms with van der Waals surface area (Å²) < 4.78 is 11.0. The van der Waals surface area contributed by atoms with Gasteiger partial charge in [0.2, 0.25) is 0 Å². The first-order chi connectivity index (χ1) is 15.0. The van der Waals surface area contributed by atoms with E-state index in [1.165, 1.54) is 12.7 Å². The van der Waals surface area contributed by atoms with Gasteiger partial charge in [-0.25, -0.2) is 0 Å². The molecule has 0 aromatic heterocycles. The van der Waals surface area contributed by atoms with Crippen molar-refractivity contribution in [1.29, 1.82) is 0 Å². The fourth-order valence-electron chi connectivity index (χ4n) is 3.56. The third kappa shape index (κ3) is 6.46. The zero-order valence-electron chi connectivity index (χ0n) is 18.5. The maximum Gasteiger partial charge on any atom is 0.258 e. The van der Waals surface area contributed by atoms with Crippen molar-refractivity contribution in [2.75, 3.05) is 39.9 Å². The minimum atomic E-state index is -0.203. The van der Waals surface area contributed by atoms with Crippen molar-refractivity contribution in [3.63, 3.8) is 0 Å². The van der Waals surface area contributed by atoms with Gasteiger partial charge in [0.15, 0.2) is 18.1 Å². The van der Waals surface area contributed by atoms with Crippen molar-refractivity contribution in [1.82, 2.24) is 15.1 Å². The molecule has 31 heavy (non-hydrogen) atoms. The molecule has 0 radical (unpaired) electrons. The Bertz CT molecular complexity index is 878. The summed E-state index contributed by atoms with van der Waals surface area (Å²) in [6, 6.07) is 15.5. The molecular formula is C24H31N3O4. The van der Waals surface area contributed by atoms with E-state index in [-0.39, 0.29) is 24.5 Å². The lowest BCUT2D eigenvalue weighted by Crippen LogP contribution is -2.48. The fourth-order valence-corrected chi connectivity index (χ4v) is 3.56. The van der Waals surface area contributed by atoms with Crippen LogP contribution in [-0.4, -0.2) is 67.6 Å². The summed E-state index contributed by atoms with van der Waals surface area (Å²) in [6.07, 6.45) is 0. The lowest BCUT2D eigenvalue weighted by molar-refractivity contribution is -0.123. The highest BCUT2D eigenvalue weighted by Gasteiger charge is 2.23. The molecule has 0 saturated carbocycles. The van der Waals surface area contributed by atoms with Gasteiger partial charge in [-0.2, -0.15) is 0 Å². The minimum absolute atomic E-state index is 0.0261. The number of benzene rings is 2. The van der Waals surface area contributed by atoms with E-state index in [2.05, 4.69) is 22.3 Å². The lowest BCUT2D eigenvalue weighted by atomic mass is 10.1. The number of carbonyl (C=O) groups is 2. The second kappa shape index (κ2) is 10.8. The largest absolute Gasteiger partial charge is 0.493 e. The normalized spacial score (nSPS) is 14.4. The number of nitrogens with zero attached hydrogens (tertiary/aromatic N) is 2. The Morgan fingerprint density at radius 2 is 1.71 bits per heavy atom. The Balaban J connectivity index is 1.56. The molecule has 1 aliphatic rings. The van der Waals surface area contributed by atoms with Gasteiger partial charge in [-0.1, -0.05) is 30.3 Å². The Labute approximate surface area is 183 Å². The predicted molar refractivity (Wildman–Crippen MR) is 119 cm³/mol. The van der Waals surface area contributed by atoms with E-state index in [1.54, 1.807) is 18.2 Å². The molecule has 7 nitrogen and oxygen atoms in total. The third-order valence-corrected chi connectivity index (χ3v) is 5.13. The van der Waals surface area contributed by atoms with Crippen LogP contribution in [0.15, 0.2) is 48.5 Å². The van der Waals surface area contributed by atoms with Crippen LogP contribution in [0.2, 0.25) is 0 Å². The van der Waals surface area contributed by atoms with Gasteiger partial charge in [-0.3, -0.25) is 14.5 Å². The van der Waals surface area contributed by atoms with E-state index >= 15 is 0 Å². The number of carbonyl (C=O) groups excluding carboxylic acids is 2. The molecule has 1 aliphatic heterocycles. The highest BCUT2D eigenvalue weighted by molar-refractivity contribution is 5.95. The molecule has 1 saturated heterocycles. The smallest absolute Gasteiger partial charge is 0.258 e. The number of hydrogen-bond donors (Lipinski definition) is 1. The standard InChI is InChI=1S/C24H31N3O4/c1-18(2)25-23(28)17-31-21-10-9-20(15-22(21)30-3)24(29)27-13-11-26(12-14-27)16-19-7-5-4-6-8-19/h4-10,15,18H,11-14,16-17H2,1-3H3,(H,25,28). The molecule has 2 aromatic carbocycles. The number of amides is 2. The molecular weight excluding hydrogens is 394 g/mol. The fraction of sp³-hybridized carbons (Fsp3) is 0.417. The van der Waals surface area contributed by atoms with Gasteiger partial charge in [0.05, 0.1) is 7.11 Å². The van der Waals surface area contributed by atoms with Gasteiger partial charge in [-0.05, 0) is 37.6 Å². The number of hydrogen-bond acceptors (Lipinski definition) is 5. The van der Waals surface area contributed by atoms with E-state index in [9.17, 15) is 9.59 Å². The molecule has 1 fully saturated rings. The van der Waals surface area contributed by atoms with Gasteiger partial charge in [-0.15, -0.1) is 0 Å². The Hall–Kier alpha value is -3.06. The van der Waals surface area contributed by atoms with Crippen LogP contribution < -0.4 is 14.8 Å². The van der Waals surface area contributed by atoms with Crippen LogP contribution in [0.25, 0.3) is 0 Å². The molecule has 3 rings (SSSR count). The molecule has 1 heterocycles. The second-order valence-corrected chi connectivity index (χ2v) is 7.93. The van der Waals surface area contributed by atoms with Crippen molar-refractivity contribution in [3.8, 4) is 11.5 Å². The first kappa shape index (κ1) is 22.6. The summed E-state index contributed by atoms with van der Waals surface area (Å²) in [6.45, 7) is 7.61. The van der Waals surface area contributed by atoms with Gasteiger partial charge in [0.1, 0.15) is 0 Å². The number of nitrogens with one attached hydrogen (secondary N) is 1. The van der Waals surface area contributed by atoms with Crippen LogP contribution >= 0.6 is 0 Å². The van der Waals surface area contributed by atoms with E-state index in [0.717, 1.165) is 19.6 Å².